The molecule has 4 nitrogen and oxygen atoms in total. The van der Waals surface area contributed by atoms with Gasteiger partial charge in [0, 0.05) is 0 Å². The summed E-state index contributed by atoms with van der Waals surface area (Å²) in [6.45, 7) is 2.20. The molecule has 0 amide bonds. The summed E-state index contributed by atoms with van der Waals surface area (Å²) in [7, 11) is 0. The number of hydrogen-bond donors (Lipinski definition) is 1. The molecule has 0 aromatic carbocycles. The van der Waals surface area contributed by atoms with Gasteiger partial charge in [0.2, 0.25) is 0 Å². The summed E-state index contributed by atoms with van der Waals surface area (Å²) in [4.78, 5) is 21.1. The van der Waals surface area contributed by atoms with Crippen molar-refractivity contribution in [3.63, 3.8) is 0 Å². The summed E-state index contributed by atoms with van der Waals surface area (Å²) in [5.41, 5.74) is 0. The summed E-state index contributed by atoms with van der Waals surface area (Å²) in [6.07, 6.45) is -1.13. The molecule has 0 rings (SSSR count). The molecule has 0 aliphatic heterocycles. The molecule has 0 saturated carbocycles. The van der Waals surface area contributed by atoms with Crippen molar-refractivity contribution in [3.05, 3.63) is 0 Å². The smallest absolute Gasteiger partial charge is 0.404 e. The van der Waals surface area contributed by atoms with Gasteiger partial charge in [0.1, 0.15) is 0 Å². The van der Waals surface area contributed by atoms with Crippen molar-refractivity contribution in [1.29, 1.82) is 0 Å². The van der Waals surface area contributed by atoms with Crippen LogP contribution >= 0.6 is 0 Å². The maximum Gasteiger partial charge on any atom is 0.404 e. The third kappa shape index (κ3) is 3.85. The second-order valence-electron chi connectivity index (χ2n) is 3.81. The molecule has 0 aromatic rings. The van der Waals surface area contributed by atoms with Crippen LogP contribution in [0.3, 0.4) is 0 Å². The lowest BCUT2D eigenvalue weighted by atomic mass is 10.1. The first-order valence-corrected chi connectivity index (χ1v) is 5.22. The molecule has 0 heterocycles. The van der Waals surface area contributed by atoms with Crippen molar-refractivity contribution in [2.24, 2.45) is 5.92 Å². The van der Waals surface area contributed by atoms with E-state index in [1.807, 2.05) is 0 Å². The summed E-state index contributed by atoms with van der Waals surface area (Å²) in [5.74, 6) is -14.2. The van der Waals surface area contributed by atoms with Crippen LogP contribution in [0.25, 0.3) is 0 Å². The zero-order valence-electron chi connectivity index (χ0n) is 9.88. The third-order valence-electron chi connectivity index (χ3n) is 2.40. The van der Waals surface area contributed by atoms with Crippen LogP contribution in [0.15, 0.2) is 0 Å². The van der Waals surface area contributed by atoms with Gasteiger partial charge in [-0.1, -0.05) is 13.8 Å². The first kappa shape index (κ1) is 16.7. The zero-order chi connectivity index (χ0) is 14.6. The van der Waals surface area contributed by atoms with Crippen LogP contribution in [0, 0.1) is 5.92 Å². The molecule has 0 aromatic heterocycles. The predicted molar refractivity (Wildman–Crippen MR) is 52.6 cm³/mol. The second-order valence-corrected chi connectivity index (χ2v) is 3.81. The van der Waals surface area contributed by atoms with Gasteiger partial charge in [-0.3, -0.25) is 4.79 Å². The maximum absolute atomic E-state index is 12.9. The highest BCUT2D eigenvalue weighted by Crippen LogP contribution is 2.37. The molecule has 0 spiro atoms. The van der Waals surface area contributed by atoms with Gasteiger partial charge in [-0.2, -0.15) is 17.6 Å². The highest BCUT2D eigenvalue weighted by atomic mass is 19.3. The molecular formula is C10H14F4O4. The summed E-state index contributed by atoms with van der Waals surface area (Å²) >= 11 is 0. The second kappa shape index (κ2) is 6.01. The first-order valence-electron chi connectivity index (χ1n) is 5.22. The number of carbonyl (C=O) groups is 2. The van der Waals surface area contributed by atoms with Crippen LogP contribution in [-0.2, 0) is 14.3 Å². The van der Waals surface area contributed by atoms with Gasteiger partial charge in [-0.15, -0.1) is 0 Å². The van der Waals surface area contributed by atoms with Gasteiger partial charge < -0.3 is 9.84 Å². The number of carboxylic acid groups (broad SMARTS) is 1. The molecule has 18 heavy (non-hydrogen) atoms. The van der Waals surface area contributed by atoms with Crippen LogP contribution in [0.5, 0.6) is 0 Å². The number of hydrogen-bond acceptors (Lipinski definition) is 3. The highest BCUT2D eigenvalue weighted by Gasteiger charge is 2.62. The fraction of sp³-hybridized carbons (Fsp3) is 0.800. The Morgan fingerprint density at radius 2 is 1.78 bits per heavy atom. The molecule has 1 unspecified atom stereocenters. The van der Waals surface area contributed by atoms with Crippen LogP contribution in [0.1, 0.15) is 26.7 Å². The molecule has 0 aliphatic carbocycles. The normalized spacial score (nSPS) is 14.1. The number of ether oxygens (including phenoxy) is 1. The molecule has 1 N–H and O–H groups in total. The number of aliphatic carboxylic acids is 1. The lowest BCUT2D eigenvalue weighted by Crippen LogP contribution is -2.47. The Kier molecular flexibility index (Phi) is 5.56. The van der Waals surface area contributed by atoms with Crippen molar-refractivity contribution in [2.45, 2.75) is 38.5 Å². The Hall–Kier alpha value is -1.34. The van der Waals surface area contributed by atoms with Gasteiger partial charge in [0.15, 0.2) is 0 Å². The minimum atomic E-state index is -5.18. The predicted octanol–water partition coefficient (Wildman–Crippen LogP) is 2.32. The van der Waals surface area contributed by atoms with Crippen molar-refractivity contribution in [1.82, 2.24) is 0 Å². The average Bonchev–Trinajstić information content (AvgIpc) is 2.26. The number of esters is 1. The Bertz CT molecular complexity index is 317. The van der Waals surface area contributed by atoms with Crippen molar-refractivity contribution in [3.8, 4) is 0 Å². The summed E-state index contributed by atoms with van der Waals surface area (Å²) < 4.78 is 55.3. The fourth-order valence-corrected chi connectivity index (χ4v) is 0.902. The Balaban J connectivity index is 4.37. The van der Waals surface area contributed by atoms with Crippen LogP contribution in [0.4, 0.5) is 17.6 Å². The molecule has 0 fully saturated rings. The molecule has 1 atom stereocenters. The third-order valence-corrected chi connectivity index (χ3v) is 2.40. The van der Waals surface area contributed by atoms with E-state index in [1.54, 1.807) is 6.92 Å². The summed E-state index contributed by atoms with van der Waals surface area (Å²) in [5, 5.41) is 7.97. The van der Waals surface area contributed by atoms with Gasteiger partial charge in [-0.25, -0.2) is 4.79 Å². The lowest BCUT2D eigenvalue weighted by Gasteiger charge is -2.22. The quantitative estimate of drug-likeness (QED) is 0.571. The standard InChI is InChI=1S/C10H14F4O4/c1-3-6(2)7(15)18-5-4-9(11,12)10(13,14)8(16)17/h6H,3-5H2,1-2H3,(H,16,17). The number of carboxylic acids is 1. The van der Waals surface area contributed by atoms with E-state index in [2.05, 4.69) is 4.74 Å². The molecule has 0 radical (unpaired) electrons. The van der Waals surface area contributed by atoms with Gasteiger partial charge in [0.25, 0.3) is 0 Å². The average molecular weight is 274 g/mol. The molecule has 0 aliphatic rings. The molecule has 8 heteroatoms. The highest BCUT2D eigenvalue weighted by molar-refractivity contribution is 5.76. The largest absolute Gasteiger partial charge is 0.477 e. The molecule has 106 valence electrons. The van der Waals surface area contributed by atoms with E-state index in [1.165, 1.54) is 6.92 Å². The number of halogens is 4. The van der Waals surface area contributed by atoms with Gasteiger partial charge in [0.05, 0.1) is 18.9 Å². The monoisotopic (exact) mass is 274 g/mol. The number of rotatable bonds is 7. The maximum atomic E-state index is 12.9. The molecular weight excluding hydrogens is 260 g/mol. The van der Waals surface area contributed by atoms with E-state index in [4.69, 9.17) is 5.11 Å². The molecule has 0 saturated heterocycles. The van der Waals surface area contributed by atoms with E-state index in [-0.39, 0.29) is 0 Å². The topological polar surface area (TPSA) is 63.6 Å². The van der Waals surface area contributed by atoms with E-state index >= 15 is 0 Å². The minimum Gasteiger partial charge on any atom is -0.477 e. The lowest BCUT2D eigenvalue weighted by molar-refractivity contribution is -0.228. The van der Waals surface area contributed by atoms with E-state index in [9.17, 15) is 27.2 Å². The Labute approximate surface area is 101 Å². The Morgan fingerprint density at radius 1 is 1.28 bits per heavy atom. The number of carbonyl (C=O) groups excluding carboxylic acids is 1. The fourth-order valence-electron chi connectivity index (χ4n) is 0.902. The zero-order valence-corrected chi connectivity index (χ0v) is 9.88. The summed E-state index contributed by atoms with van der Waals surface area (Å²) in [6, 6.07) is 0. The van der Waals surface area contributed by atoms with Crippen molar-refractivity contribution in [2.75, 3.05) is 6.61 Å². The van der Waals surface area contributed by atoms with Crippen LogP contribution in [0.2, 0.25) is 0 Å². The Morgan fingerprint density at radius 3 is 2.17 bits per heavy atom. The molecule has 0 bridgehead atoms. The van der Waals surface area contributed by atoms with Crippen molar-refractivity contribution >= 4 is 11.9 Å². The minimum absolute atomic E-state index is 0.417. The number of alkyl halides is 4. The van der Waals surface area contributed by atoms with Crippen LogP contribution in [-0.4, -0.2) is 35.5 Å². The van der Waals surface area contributed by atoms with E-state index < -0.39 is 42.7 Å². The van der Waals surface area contributed by atoms with Gasteiger partial charge in [-0.05, 0) is 6.42 Å². The van der Waals surface area contributed by atoms with E-state index in [0.29, 0.717) is 6.42 Å². The van der Waals surface area contributed by atoms with Crippen LogP contribution < -0.4 is 0 Å². The van der Waals surface area contributed by atoms with Gasteiger partial charge >= 0.3 is 23.8 Å². The van der Waals surface area contributed by atoms with E-state index in [0.717, 1.165) is 0 Å². The van der Waals surface area contributed by atoms with Crippen molar-refractivity contribution < 1.29 is 37.0 Å². The first-order chi connectivity index (χ1) is 8.06. The SMILES string of the molecule is CCC(C)C(=O)OCCC(F)(F)C(F)(F)C(=O)O.